The summed E-state index contributed by atoms with van der Waals surface area (Å²) in [7, 11) is 0. The Kier molecular flexibility index (Phi) is 10.5. The molecule has 11 nitrogen and oxygen atoms in total. The lowest BCUT2D eigenvalue weighted by atomic mass is 9.98. The van der Waals surface area contributed by atoms with Crippen LogP contribution in [-0.2, 0) is 25.6 Å². The number of carbonyl (C=O) groups excluding carboxylic acids is 4. The van der Waals surface area contributed by atoms with Gasteiger partial charge in [0.2, 0.25) is 17.7 Å². The maximum absolute atomic E-state index is 13.9. The Labute approximate surface area is 246 Å². The van der Waals surface area contributed by atoms with Crippen molar-refractivity contribution in [2.45, 2.75) is 103 Å². The summed E-state index contributed by atoms with van der Waals surface area (Å²) in [6.07, 6.45) is 7.86. The minimum absolute atomic E-state index is 0.214. The number of aromatic nitrogens is 4. The molecule has 2 aromatic heterocycles. The van der Waals surface area contributed by atoms with Crippen LogP contribution >= 0.6 is 0 Å². The van der Waals surface area contributed by atoms with Gasteiger partial charge in [0.05, 0.1) is 17.9 Å². The molecule has 3 aromatic rings. The first kappa shape index (κ1) is 30.9. The van der Waals surface area contributed by atoms with E-state index in [1.807, 2.05) is 37.4 Å². The van der Waals surface area contributed by atoms with Crippen molar-refractivity contribution in [3.8, 4) is 0 Å². The summed E-state index contributed by atoms with van der Waals surface area (Å²) in [6.45, 7) is 7.67. The van der Waals surface area contributed by atoms with Gasteiger partial charge >= 0.3 is 0 Å². The molecule has 4 rings (SSSR count). The molecule has 42 heavy (non-hydrogen) atoms. The molecule has 0 radical (unpaired) electrons. The molecule has 3 heterocycles. The quantitative estimate of drug-likeness (QED) is 0.255. The second-order valence-corrected chi connectivity index (χ2v) is 11.6. The van der Waals surface area contributed by atoms with Crippen LogP contribution in [0.1, 0.15) is 96.0 Å². The number of H-pyrrole nitrogens is 1. The number of rotatable bonds is 11. The average molecular weight is 578 g/mol. The van der Waals surface area contributed by atoms with Gasteiger partial charge in [0, 0.05) is 36.4 Å². The molecular formula is C31H43N7O4. The van der Waals surface area contributed by atoms with Crippen LogP contribution in [-0.4, -0.2) is 55.6 Å². The molecule has 1 aliphatic heterocycles. The fraction of sp³-hybridized carbons (Fsp3) is 0.548. The molecule has 226 valence electrons. The molecule has 4 atom stereocenters. The van der Waals surface area contributed by atoms with Crippen LogP contribution < -0.4 is 16.0 Å². The maximum atomic E-state index is 13.9. The number of nitrogens with zero attached hydrogens (tertiary/aromatic N) is 3. The van der Waals surface area contributed by atoms with Crippen molar-refractivity contribution < 1.29 is 19.2 Å². The summed E-state index contributed by atoms with van der Waals surface area (Å²) in [6, 6.07) is 4.90. The van der Waals surface area contributed by atoms with Gasteiger partial charge in [-0.1, -0.05) is 57.0 Å². The average Bonchev–Trinajstić information content (AvgIpc) is 3.62. The summed E-state index contributed by atoms with van der Waals surface area (Å²) >= 11 is 0. The number of hydrogen-bond acceptors (Lipinski definition) is 6. The number of benzene rings is 1. The SMILES string of the molecule is CCC(=O)CCCCC[C@@H]1NC(=O)[C@H](C)n2nncc2[C@@H](CC(C)C)NC(=O)[C@H](Cc2c[nH]c3ccccc23)NC1=O. The number of hydrogen-bond donors (Lipinski definition) is 4. The van der Waals surface area contributed by atoms with Gasteiger partial charge in [-0.3, -0.25) is 19.2 Å². The number of unbranched alkanes of at least 4 members (excludes halogenated alkanes) is 2. The van der Waals surface area contributed by atoms with Gasteiger partial charge in [-0.15, -0.1) is 5.10 Å². The highest BCUT2D eigenvalue weighted by molar-refractivity contribution is 5.93. The molecule has 0 aliphatic carbocycles. The Morgan fingerprint density at radius 1 is 0.952 bits per heavy atom. The lowest BCUT2D eigenvalue weighted by Gasteiger charge is -2.29. The van der Waals surface area contributed by atoms with E-state index in [-0.39, 0.29) is 29.9 Å². The van der Waals surface area contributed by atoms with Gasteiger partial charge in [0.15, 0.2) is 0 Å². The molecule has 3 amide bonds. The van der Waals surface area contributed by atoms with Crippen molar-refractivity contribution in [1.29, 1.82) is 0 Å². The van der Waals surface area contributed by atoms with E-state index in [0.717, 1.165) is 29.3 Å². The minimum atomic E-state index is -0.880. The van der Waals surface area contributed by atoms with E-state index < -0.39 is 30.1 Å². The summed E-state index contributed by atoms with van der Waals surface area (Å²) in [5, 5.41) is 18.2. The van der Waals surface area contributed by atoms with Crippen LogP contribution in [0.2, 0.25) is 0 Å². The fourth-order valence-electron chi connectivity index (χ4n) is 5.50. The van der Waals surface area contributed by atoms with Gasteiger partial charge in [-0.2, -0.15) is 0 Å². The number of amides is 3. The topological polar surface area (TPSA) is 151 Å². The Morgan fingerprint density at radius 2 is 1.67 bits per heavy atom. The van der Waals surface area contributed by atoms with Gasteiger partial charge in [-0.25, -0.2) is 4.68 Å². The van der Waals surface area contributed by atoms with Gasteiger partial charge in [-0.05, 0) is 43.7 Å². The van der Waals surface area contributed by atoms with E-state index in [9.17, 15) is 19.2 Å². The van der Waals surface area contributed by atoms with Crippen LogP contribution in [0.3, 0.4) is 0 Å². The Hall–Kier alpha value is -4.02. The van der Waals surface area contributed by atoms with E-state index in [1.165, 1.54) is 4.68 Å². The van der Waals surface area contributed by atoms with Crippen LogP contribution in [0, 0.1) is 5.92 Å². The number of para-hydroxylation sites is 1. The Bertz CT molecular complexity index is 1390. The van der Waals surface area contributed by atoms with E-state index in [1.54, 1.807) is 13.1 Å². The third kappa shape index (κ3) is 7.63. The molecule has 0 fully saturated rings. The standard InChI is InChI=1S/C31H43N7O4/c1-5-22(39)11-7-6-8-14-25-30(41)36-27(16-21-17-32-24-13-10-9-12-23(21)24)31(42)35-26(15-19(2)3)28-18-33-37-38(28)20(4)29(40)34-25/h9-10,12-13,17-20,25-27,32H,5-8,11,14-16H2,1-4H3,(H,34,40)(H,35,42)(H,36,41)/t20-,25-,26+,27-/m0/s1. The minimum Gasteiger partial charge on any atom is -0.361 e. The van der Waals surface area contributed by atoms with Crippen LogP contribution in [0.25, 0.3) is 10.9 Å². The van der Waals surface area contributed by atoms with Crippen LogP contribution in [0.5, 0.6) is 0 Å². The highest BCUT2D eigenvalue weighted by atomic mass is 16.2. The first-order valence-corrected chi connectivity index (χ1v) is 15.1. The van der Waals surface area contributed by atoms with Crippen LogP contribution in [0.15, 0.2) is 36.7 Å². The van der Waals surface area contributed by atoms with Crippen molar-refractivity contribution in [1.82, 2.24) is 35.9 Å². The smallest absolute Gasteiger partial charge is 0.245 e. The molecule has 1 aliphatic rings. The molecule has 4 N–H and O–H groups in total. The monoisotopic (exact) mass is 577 g/mol. The normalized spacial score (nSPS) is 21.7. The number of carbonyl (C=O) groups is 4. The lowest BCUT2D eigenvalue weighted by Crippen LogP contribution is -2.56. The van der Waals surface area contributed by atoms with Crippen LogP contribution in [0.4, 0.5) is 0 Å². The van der Waals surface area contributed by atoms with E-state index >= 15 is 0 Å². The van der Waals surface area contributed by atoms with Gasteiger partial charge in [0.25, 0.3) is 0 Å². The van der Waals surface area contributed by atoms with Crippen molar-refractivity contribution >= 4 is 34.4 Å². The third-order valence-corrected chi connectivity index (χ3v) is 7.94. The largest absolute Gasteiger partial charge is 0.361 e. The molecule has 1 aromatic carbocycles. The van der Waals surface area contributed by atoms with Crippen molar-refractivity contribution in [3.63, 3.8) is 0 Å². The molecular weight excluding hydrogens is 534 g/mol. The summed E-state index contributed by atoms with van der Waals surface area (Å²) < 4.78 is 1.53. The molecule has 0 bridgehead atoms. The maximum Gasteiger partial charge on any atom is 0.245 e. The number of Topliss-reactive ketones (excluding diaryl/α,β-unsaturated/α-hetero) is 1. The van der Waals surface area contributed by atoms with Crippen molar-refractivity contribution in [2.75, 3.05) is 0 Å². The Morgan fingerprint density at radius 3 is 2.43 bits per heavy atom. The van der Waals surface area contributed by atoms with Gasteiger partial charge < -0.3 is 20.9 Å². The highest BCUT2D eigenvalue weighted by Gasteiger charge is 2.33. The fourth-order valence-corrected chi connectivity index (χ4v) is 5.50. The number of ketones is 1. The molecule has 0 saturated carbocycles. The molecule has 0 spiro atoms. The second kappa shape index (κ2) is 14.2. The number of fused-ring (bicyclic) bond motifs is 2. The first-order chi connectivity index (χ1) is 20.2. The Balaban J connectivity index is 1.64. The number of nitrogens with one attached hydrogen (secondary N) is 4. The summed E-state index contributed by atoms with van der Waals surface area (Å²) in [5.41, 5.74) is 2.48. The number of aromatic amines is 1. The zero-order chi connectivity index (χ0) is 30.2. The lowest BCUT2D eigenvalue weighted by molar-refractivity contribution is -0.133. The predicted molar refractivity (Wildman–Crippen MR) is 159 cm³/mol. The summed E-state index contributed by atoms with van der Waals surface area (Å²) in [4.78, 5) is 56.0. The van der Waals surface area contributed by atoms with Crippen molar-refractivity contribution in [3.05, 3.63) is 47.9 Å². The molecule has 0 unspecified atom stereocenters. The van der Waals surface area contributed by atoms with E-state index in [2.05, 4.69) is 45.1 Å². The highest BCUT2D eigenvalue weighted by Crippen LogP contribution is 2.25. The van der Waals surface area contributed by atoms with E-state index in [0.29, 0.717) is 37.8 Å². The third-order valence-electron chi connectivity index (χ3n) is 7.94. The molecule has 0 saturated heterocycles. The summed E-state index contributed by atoms with van der Waals surface area (Å²) in [5.74, 6) is -0.643. The van der Waals surface area contributed by atoms with Crippen molar-refractivity contribution in [2.24, 2.45) is 5.92 Å². The zero-order valence-electron chi connectivity index (χ0n) is 25.0. The van der Waals surface area contributed by atoms with E-state index in [4.69, 9.17) is 0 Å². The second-order valence-electron chi connectivity index (χ2n) is 11.6. The zero-order valence-corrected chi connectivity index (χ0v) is 25.0. The predicted octanol–water partition coefficient (Wildman–Crippen LogP) is 3.68. The first-order valence-electron chi connectivity index (χ1n) is 15.1. The van der Waals surface area contributed by atoms with Gasteiger partial charge in [0.1, 0.15) is 23.9 Å². The molecule has 11 heteroatoms.